The normalized spacial score (nSPS) is 17.9. The van der Waals surface area contributed by atoms with E-state index in [1.807, 2.05) is 6.07 Å². The number of halogens is 2. The summed E-state index contributed by atoms with van der Waals surface area (Å²) >= 11 is 9.62. The van der Waals surface area contributed by atoms with E-state index in [0.717, 1.165) is 21.7 Å². The van der Waals surface area contributed by atoms with Gasteiger partial charge in [0.1, 0.15) is 5.15 Å². The molecule has 0 saturated heterocycles. The molecule has 3 nitrogen and oxygen atoms in total. The highest BCUT2D eigenvalue weighted by Gasteiger charge is 2.30. The number of nitrogens with zero attached hydrogens (tertiary/aromatic N) is 3. The first kappa shape index (κ1) is 10.5. The van der Waals surface area contributed by atoms with Crippen LogP contribution < -0.4 is 0 Å². The van der Waals surface area contributed by atoms with Gasteiger partial charge in [0.25, 0.3) is 0 Å². The van der Waals surface area contributed by atoms with Gasteiger partial charge in [-0.2, -0.15) is 5.10 Å². The average molecular weight is 301 g/mol. The highest BCUT2D eigenvalue weighted by atomic mass is 79.9. The summed E-state index contributed by atoms with van der Waals surface area (Å²) in [4.78, 5) is 4.63. The standard InChI is InChI=1S/C11H11BrClN3/c1-6(7-2-3-7)9-4-10(13)16-11(15-9)8(12)5-14-16/h4-7H,2-3H2,1H3. The van der Waals surface area contributed by atoms with Crippen LogP contribution in [0.1, 0.15) is 31.4 Å². The number of fused-ring (bicyclic) bond motifs is 1. The number of aromatic nitrogens is 3. The zero-order valence-electron chi connectivity index (χ0n) is 8.82. The van der Waals surface area contributed by atoms with Gasteiger partial charge in [-0.05, 0) is 40.8 Å². The van der Waals surface area contributed by atoms with Crippen LogP contribution in [-0.4, -0.2) is 14.6 Å². The lowest BCUT2D eigenvalue weighted by molar-refractivity contribution is 0.642. The van der Waals surface area contributed by atoms with E-state index in [4.69, 9.17) is 11.6 Å². The van der Waals surface area contributed by atoms with Gasteiger partial charge in [0.05, 0.1) is 10.7 Å². The van der Waals surface area contributed by atoms with Crippen molar-refractivity contribution in [2.24, 2.45) is 5.92 Å². The van der Waals surface area contributed by atoms with Crippen LogP contribution >= 0.6 is 27.5 Å². The van der Waals surface area contributed by atoms with Crippen LogP contribution in [0.4, 0.5) is 0 Å². The van der Waals surface area contributed by atoms with E-state index in [1.54, 1.807) is 10.7 Å². The molecular formula is C11H11BrClN3. The molecule has 16 heavy (non-hydrogen) atoms. The molecule has 84 valence electrons. The highest BCUT2D eigenvalue weighted by Crippen LogP contribution is 2.42. The number of rotatable bonds is 2. The van der Waals surface area contributed by atoms with E-state index in [2.05, 4.69) is 32.9 Å². The van der Waals surface area contributed by atoms with Gasteiger partial charge in [-0.25, -0.2) is 9.50 Å². The number of hydrogen-bond donors (Lipinski definition) is 0. The Hall–Kier alpha value is -0.610. The fourth-order valence-corrected chi connectivity index (χ4v) is 2.57. The van der Waals surface area contributed by atoms with Gasteiger partial charge in [-0.15, -0.1) is 0 Å². The van der Waals surface area contributed by atoms with E-state index in [9.17, 15) is 0 Å². The lowest BCUT2D eigenvalue weighted by atomic mass is 10.0. The molecule has 0 spiro atoms. The van der Waals surface area contributed by atoms with Crippen molar-refractivity contribution in [1.29, 1.82) is 0 Å². The van der Waals surface area contributed by atoms with Gasteiger partial charge in [-0.3, -0.25) is 0 Å². The lowest BCUT2D eigenvalue weighted by Gasteiger charge is -2.10. The second-order valence-electron chi connectivity index (χ2n) is 4.36. The Bertz CT molecular complexity index is 547. The molecule has 1 aliphatic rings. The fraction of sp³-hybridized carbons (Fsp3) is 0.455. The summed E-state index contributed by atoms with van der Waals surface area (Å²) in [6.07, 6.45) is 4.35. The summed E-state index contributed by atoms with van der Waals surface area (Å²) in [7, 11) is 0. The smallest absolute Gasteiger partial charge is 0.171 e. The van der Waals surface area contributed by atoms with E-state index in [-0.39, 0.29) is 0 Å². The predicted octanol–water partition coefficient (Wildman–Crippen LogP) is 3.66. The zero-order valence-corrected chi connectivity index (χ0v) is 11.2. The van der Waals surface area contributed by atoms with Crippen LogP contribution in [-0.2, 0) is 0 Å². The molecular weight excluding hydrogens is 289 g/mol. The summed E-state index contributed by atoms with van der Waals surface area (Å²) in [5.74, 6) is 1.28. The summed E-state index contributed by atoms with van der Waals surface area (Å²) in [6, 6.07) is 1.93. The summed E-state index contributed by atoms with van der Waals surface area (Å²) in [5, 5.41) is 4.78. The Labute approximate surface area is 107 Å². The molecule has 0 aromatic carbocycles. The van der Waals surface area contributed by atoms with Crippen molar-refractivity contribution in [3.8, 4) is 0 Å². The molecule has 1 fully saturated rings. The Morgan fingerprint density at radius 3 is 3.00 bits per heavy atom. The van der Waals surface area contributed by atoms with Crippen molar-refractivity contribution in [3.05, 3.63) is 27.6 Å². The van der Waals surface area contributed by atoms with Gasteiger partial charge in [0.15, 0.2) is 5.65 Å². The molecule has 0 N–H and O–H groups in total. The molecule has 1 saturated carbocycles. The highest BCUT2D eigenvalue weighted by molar-refractivity contribution is 9.10. The van der Waals surface area contributed by atoms with Gasteiger partial charge in [0.2, 0.25) is 0 Å². The predicted molar refractivity (Wildman–Crippen MR) is 66.8 cm³/mol. The van der Waals surface area contributed by atoms with Crippen LogP contribution in [0.3, 0.4) is 0 Å². The molecule has 1 aliphatic carbocycles. The largest absolute Gasteiger partial charge is 0.232 e. The minimum Gasteiger partial charge on any atom is -0.232 e. The number of hydrogen-bond acceptors (Lipinski definition) is 2. The first-order valence-electron chi connectivity index (χ1n) is 5.36. The van der Waals surface area contributed by atoms with Crippen molar-refractivity contribution in [2.75, 3.05) is 0 Å². The van der Waals surface area contributed by atoms with Gasteiger partial charge < -0.3 is 0 Å². The molecule has 2 heterocycles. The second-order valence-corrected chi connectivity index (χ2v) is 5.60. The zero-order chi connectivity index (χ0) is 11.3. The van der Waals surface area contributed by atoms with Crippen molar-refractivity contribution in [1.82, 2.24) is 14.6 Å². The average Bonchev–Trinajstić information content (AvgIpc) is 3.04. The fourth-order valence-electron chi connectivity index (χ4n) is 1.99. The van der Waals surface area contributed by atoms with Gasteiger partial charge >= 0.3 is 0 Å². The van der Waals surface area contributed by atoms with Crippen molar-refractivity contribution in [3.63, 3.8) is 0 Å². The summed E-state index contributed by atoms with van der Waals surface area (Å²) in [6.45, 7) is 2.22. The summed E-state index contributed by atoms with van der Waals surface area (Å²) in [5.41, 5.74) is 1.87. The van der Waals surface area contributed by atoms with Crippen LogP contribution in [0.15, 0.2) is 16.7 Å². The molecule has 0 radical (unpaired) electrons. The molecule has 5 heteroatoms. The third-order valence-electron chi connectivity index (χ3n) is 3.20. The first-order chi connectivity index (χ1) is 7.66. The first-order valence-corrected chi connectivity index (χ1v) is 6.53. The lowest BCUT2D eigenvalue weighted by Crippen LogP contribution is -2.03. The molecule has 0 aliphatic heterocycles. The van der Waals surface area contributed by atoms with E-state index < -0.39 is 0 Å². The quantitative estimate of drug-likeness (QED) is 0.792. The maximum Gasteiger partial charge on any atom is 0.171 e. The van der Waals surface area contributed by atoms with Gasteiger partial charge in [0, 0.05) is 11.6 Å². The maximum absolute atomic E-state index is 6.18. The Balaban J connectivity index is 2.15. The molecule has 3 rings (SSSR count). The van der Waals surface area contributed by atoms with Crippen molar-refractivity contribution < 1.29 is 0 Å². The Morgan fingerprint density at radius 1 is 1.56 bits per heavy atom. The molecule has 1 atom stereocenters. The minimum atomic E-state index is 0.490. The summed E-state index contributed by atoms with van der Waals surface area (Å²) < 4.78 is 2.54. The third-order valence-corrected chi connectivity index (χ3v) is 4.03. The van der Waals surface area contributed by atoms with Crippen LogP contribution in [0, 0.1) is 5.92 Å². The van der Waals surface area contributed by atoms with Crippen LogP contribution in [0.5, 0.6) is 0 Å². The molecule has 0 bridgehead atoms. The van der Waals surface area contributed by atoms with E-state index in [0.29, 0.717) is 11.1 Å². The monoisotopic (exact) mass is 299 g/mol. The van der Waals surface area contributed by atoms with Crippen molar-refractivity contribution >= 4 is 33.2 Å². The van der Waals surface area contributed by atoms with Gasteiger partial charge in [-0.1, -0.05) is 18.5 Å². The second kappa shape index (κ2) is 3.70. The SMILES string of the molecule is CC(c1cc(Cl)n2ncc(Br)c2n1)C1CC1. The molecule has 1 unspecified atom stereocenters. The van der Waals surface area contributed by atoms with Crippen molar-refractivity contribution in [2.45, 2.75) is 25.7 Å². The molecule has 0 amide bonds. The van der Waals surface area contributed by atoms with E-state index >= 15 is 0 Å². The van der Waals surface area contributed by atoms with Crippen LogP contribution in [0.2, 0.25) is 5.15 Å². The minimum absolute atomic E-state index is 0.490. The topological polar surface area (TPSA) is 30.2 Å². The van der Waals surface area contributed by atoms with Crippen LogP contribution in [0.25, 0.3) is 5.65 Å². The Kier molecular flexibility index (Phi) is 2.44. The third kappa shape index (κ3) is 1.64. The molecule has 2 aromatic rings. The van der Waals surface area contributed by atoms with E-state index in [1.165, 1.54) is 12.8 Å². The Morgan fingerprint density at radius 2 is 2.31 bits per heavy atom. The maximum atomic E-state index is 6.18. The molecule has 2 aromatic heterocycles.